The summed E-state index contributed by atoms with van der Waals surface area (Å²) in [7, 11) is 0. The number of ketones is 1. The van der Waals surface area contributed by atoms with Crippen LogP contribution in [0.5, 0.6) is 0 Å². The first-order chi connectivity index (χ1) is 8.53. The summed E-state index contributed by atoms with van der Waals surface area (Å²) in [6.07, 6.45) is 0. The molecule has 0 aromatic heterocycles. The lowest BCUT2D eigenvalue weighted by atomic mass is 10.1. The zero-order chi connectivity index (χ0) is 13.3. The van der Waals surface area contributed by atoms with Gasteiger partial charge in [-0.2, -0.15) is 0 Å². The lowest BCUT2D eigenvalue weighted by Crippen LogP contribution is -2.25. The fourth-order valence-corrected chi connectivity index (χ4v) is 2.68. The minimum Gasteiger partial charge on any atom is -0.465 e. The zero-order valence-electron chi connectivity index (χ0n) is 10.4. The molecule has 0 aliphatic heterocycles. The van der Waals surface area contributed by atoms with E-state index in [2.05, 4.69) is 0 Å². The van der Waals surface area contributed by atoms with E-state index < -0.39 is 16.8 Å². The summed E-state index contributed by atoms with van der Waals surface area (Å²) in [5, 5.41) is 0. The van der Waals surface area contributed by atoms with Crippen molar-refractivity contribution in [2.75, 3.05) is 6.61 Å². The molecule has 4 heteroatoms. The van der Waals surface area contributed by atoms with Crippen LogP contribution in [-0.4, -0.2) is 23.2 Å². The molecule has 2 rings (SSSR count). The normalized spacial score (nSPS) is 29.7. The fourth-order valence-electron chi connectivity index (χ4n) is 2.27. The third kappa shape index (κ3) is 1.93. The Balaban J connectivity index is 2.17. The van der Waals surface area contributed by atoms with E-state index in [9.17, 15) is 9.59 Å². The van der Waals surface area contributed by atoms with Gasteiger partial charge in [-0.1, -0.05) is 37.3 Å². The highest BCUT2D eigenvalue weighted by Gasteiger charge is 2.70. The van der Waals surface area contributed by atoms with Gasteiger partial charge in [-0.3, -0.25) is 9.59 Å². The molecule has 0 radical (unpaired) electrons. The van der Waals surface area contributed by atoms with Gasteiger partial charge >= 0.3 is 5.97 Å². The fraction of sp³-hybridized carbons (Fsp3) is 0.429. The van der Waals surface area contributed by atoms with Crippen LogP contribution >= 0.6 is 11.6 Å². The van der Waals surface area contributed by atoms with E-state index in [-0.39, 0.29) is 18.3 Å². The van der Waals surface area contributed by atoms with Crippen LogP contribution < -0.4 is 0 Å². The van der Waals surface area contributed by atoms with E-state index in [1.807, 2.05) is 6.07 Å². The average Bonchev–Trinajstić information content (AvgIpc) is 2.94. The molecular formula is C14H15ClO3. The highest BCUT2D eigenvalue weighted by atomic mass is 35.5. The first-order valence-corrected chi connectivity index (χ1v) is 6.36. The number of rotatable bonds is 4. The van der Waals surface area contributed by atoms with Crippen LogP contribution in [0.2, 0.25) is 0 Å². The Morgan fingerprint density at radius 3 is 2.50 bits per heavy atom. The Hall–Kier alpha value is -1.35. The Morgan fingerprint density at radius 2 is 1.94 bits per heavy atom. The molecule has 1 aliphatic carbocycles. The van der Waals surface area contributed by atoms with Gasteiger partial charge in [0, 0.05) is 5.56 Å². The van der Waals surface area contributed by atoms with Crippen LogP contribution in [0.15, 0.2) is 30.3 Å². The third-order valence-corrected chi connectivity index (χ3v) is 4.17. The predicted octanol–water partition coefficient (Wildman–Crippen LogP) is 2.68. The van der Waals surface area contributed by atoms with Crippen LogP contribution in [-0.2, 0) is 9.53 Å². The topological polar surface area (TPSA) is 43.4 Å². The van der Waals surface area contributed by atoms with Gasteiger partial charge in [0.1, 0.15) is 0 Å². The van der Waals surface area contributed by atoms with Crippen molar-refractivity contribution in [2.24, 2.45) is 11.8 Å². The minimum absolute atomic E-state index is 0.0915. The smallest absolute Gasteiger partial charge is 0.328 e. The maximum atomic E-state index is 12.2. The van der Waals surface area contributed by atoms with Crippen molar-refractivity contribution < 1.29 is 14.3 Å². The molecule has 96 valence electrons. The van der Waals surface area contributed by atoms with Gasteiger partial charge < -0.3 is 4.74 Å². The second-order valence-corrected chi connectivity index (χ2v) is 5.11. The van der Waals surface area contributed by atoms with E-state index in [0.29, 0.717) is 5.56 Å². The lowest BCUT2D eigenvalue weighted by molar-refractivity contribution is -0.144. The lowest BCUT2D eigenvalue weighted by Gasteiger charge is -2.07. The summed E-state index contributed by atoms with van der Waals surface area (Å²) in [5.74, 6) is -1.26. The maximum absolute atomic E-state index is 12.2. The van der Waals surface area contributed by atoms with Gasteiger partial charge in [0.05, 0.1) is 12.5 Å². The zero-order valence-corrected chi connectivity index (χ0v) is 11.1. The van der Waals surface area contributed by atoms with Crippen LogP contribution in [0.1, 0.15) is 24.2 Å². The number of ether oxygens (including phenoxy) is 1. The van der Waals surface area contributed by atoms with Crippen LogP contribution in [0, 0.1) is 11.8 Å². The number of benzene rings is 1. The number of carbonyl (C=O) groups is 2. The van der Waals surface area contributed by atoms with Crippen LogP contribution in [0.3, 0.4) is 0 Å². The Bertz CT molecular complexity index is 471. The van der Waals surface area contributed by atoms with Gasteiger partial charge in [0.2, 0.25) is 0 Å². The summed E-state index contributed by atoms with van der Waals surface area (Å²) in [5.41, 5.74) is 0.584. The molecule has 0 N–H and O–H groups in total. The van der Waals surface area contributed by atoms with E-state index in [1.54, 1.807) is 38.1 Å². The molecule has 1 aliphatic rings. The average molecular weight is 267 g/mol. The van der Waals surface area contributed by atoms with Gasteiger partial charge in [0.15, 0.2) is 10.7 Å². The van der Waals surface area contributed by atoms with Crippen LogP contribution in [0.25, 0.3) is 0 Å². The molecule has 0 spiro atoms. The van der Waals surface area contributed by atoms with Crippen molar-refractivity contribution >= 4 is 23.4 Å². The number of halogens is 1. The van der Waals surface area contributed by atoms with Gasteiger partial charge in [-0.25, -0.2) is 0 Å². The number of alkyl halides is 1. The predicted molar refractivity (Wildman–Crippen MR) is 68.6 cm³/mol. The molecule has 1 fully saturated rings. The molecule has 0 heterocycles. The van der Waals surface area contributed by atoms with Crippen molar-refractivity contribution in [1.29, 1.82) is 0 Å². The number of hydrogen-bond acceptors (Lipinski definition) is 3. The van der Waals surface area contributed by atoms with Crippen molar-refractivity contribution in [1.82, 2.24) is 0 Å². The maximum Gasteiger partial charge on any atom is 0.328 e. The third-order valence-electron chi connectivity index (χ3n) is 3.44. The van der Waals surface area contributed by atoms with Crippen molar-refractivity contribution in [3.8, 4) is 0 Å². The SMILES string of the molecule is CCOC(=O)C1(Cl)C(C)C1C(=O)c1ccccc1. The number of esters is 1. The van der Waals surface area contributed by atoms with E-state index in [4.69, 9.17) is 16.3 Å². The molecule has 3 nitrogen and oxygen atoms in total. The van der Waals surface area contributed by atoms with Crippen molar-refractivity contribution in [2.45, 2.75) is 18.7 Å². The standard InChI is InChI=1S/C14H15ClO3/c1-3-18-13(17)14(15)9(2)11(14)12(16)10-7-5-4-6-8-10/h4-9,11H,3H2,1-2H3. The summed E-state index contributed by atoms with van der Waals surface area (Å²) in [4.78, 5) is 22.8. The summed E-state index contributed by atoms with van der Waals surface area (Å²) >= 11 is 6.24. The monoisotopic (exact) mass is 266 g/mol. The van der Waals surface area contributed by atoms with Crippen LogP contribution in [0.4, 0.5) is 0 Å². The summed E-state index contributed by atoms with van der Waals surface area (Å²) < 4.78 is 4.93. The van der Waals surface area contributed by atoms with Gasteiger partial charge in [-0.05, 0) is 12.8 Å². The molecular weight excluding hydrogens is 252 g/mol. The molecule has 0 amide bonds. The Kier molecular flexibility index (Phi) is 3.44. The number of carbonyl (C=O) groups excluding carboxylic acids is 2. The Labute approximate surface area is 111 Å². The van der Waals surface area contributed by atoms with E-state index >= 15 is 0 Å². The minimum atomic E-state index is -1.18. The highest BCUT2D eigenvalue weighted by molar-refractivity contribution is 6.40. The highest BCUT2D eigenvalue weighted by Crippen LogP contribution is 2.57. The second kappa shape index (κ2) is 4.73. The summed E-state index contributed by atoms with van der Waals surface area (Å²) in [6.45, 7) is 3.79. The van der Waals surface area contributed by atoms with Crippen molar-refractivity contribution in [3.05, 3.63) is 35.9 Å². The second-order valence-electron chi connectivity index (χ2n) is 4.49. The van der Waals surface area contributed by atoms with E-state index in [0.717, 1.165) is 0 Å². The molecule has 3 atom stereocenters. The number of hydrogen-bond donors (Lipinski definition) is 0. The first kappa shape index (κ1) is 13.1. The van der Waals surface area contributed by atoms with Crippen molar-refractivity contribution in [3.63, 3.8) is 0 Å². The molecule has 0 saturated heterocycles. The molecule has 1 saturated carbocycles. The molecule has 1 aromatic rings. The Morgan fingerprint density at radius 1 is 1.33 bits per heavy atom. The van der Waals surface area contributed by atoms with E-state index in [1.165, 1.54) is 0 Å². The molecule has 1 aromatic carbocycles. The molecule has 3 unspecified atom stereocenters. The van der Waals surface area contributed by atoms with Gasteiger partial charge in [0.25, 0.3) is 0 Å². The molecule has 0 bridgehead atoms. The number of Topliss-reactive ketones (excluding diaryl/α,β-unsaturated/α-hetero) is 1. The molecule has 18 heavy (non-hydrogen) atoms. The largest absolute Gasteiger partial charge is 0.465 e. The summed E-state index contributed by atoms with van der Waals surface area (Å²) in [6, 6.07) is 8.89. The van der Waals surface area contributed by atoms with Gasteiger partial charge in [-0.15, -0.1) is 11.6 Å². The first-order valence-electron chi connectivity index (χ1n) is 5.98. The quantitative estimate of drug-likeness (QED) is 0.478.